The molecule has 1 aliphatic rings. The summed E-state index contributed by atoms with van der Waals surface area (Å²) in [4.78, 5) is 16.1. The molecule has 3 rings (SSSR count). The van der Waals surface area contributed by atoms with Gasteiger partial charge in [-0.25, -0.2) is 9.79 Å². The van der Waals surface area contributed by atoms with Crippen molar-refractivity contribution >= 4 is 47.2 Å². The van der Waals surface area contributed by atoms with Gasteiger partial charge in [0.05, 0.1) is 7.11 Å². The Bertz CT molecular complexity index is 899. The van der Waals surface area contributed by atoms with Crippen LogP contribution >= 0.6 is 23.2 Å². The van der Waals surface area contributed by atoms with Crippen molar-refractivity contribution in [3.05, 3.63) is 75.4 Å². The number of halogens is 2. The lowest BCUT2D eigenvalue weighted by Crippen LogP contribution is -2.01. The summed E-state index contributed by atoms with van der Waals surface area (Å²) in [7, 11) is 1.59. The van der Waals surface area contributed by atoms with E-state index in [0.717, 1.165) is 16.9 Å². The first kappa shape index (κ1) is 17.3. The molecule has 0 aromatic heterocycles. The van der Waals surface area contributed by atoms with Gasteiger partial charge in [0.25, 0.3) is 0 Å². The Morgan fingerprint density at radius 3 is 2.52 bits per heavy atom. The first-order valence-corrected chi connectivity index (χ1v) is 8.10. The van der Waals surface area contributed by atoms with E-state index in [0.29, 0.717) is 10.0 Å². The Balaban J connectivity index is 1.79. The van der Waals surface area contributed by atoms with Gasteiger partial charge in [-0.3, -0.25) is 0 Å². The lowest BCUT2D eigenvalue weighted by atomic mass is 10.2. The Labute approximate surface area is 155 Å². The minimum Gasteiger partial charge on any atom is -0.497 e. The standard InChI is InChI=1S/C19H13Cl2NO3/c1-24-15-7-2-12(3-8-15)10-17-19(23)25-18(22-17)9-5-13-4-6-14(20)11-16(13)21/h2-11H,1H3. The molecule has 0 radical (unpaired) electrons. The highest BCUT2D eigenvalue weighted by Crippen LogP contribution is 2.23. The number of hydrogen-bond acceptors (Lipinski definition) is 4. The van der Waals surface area contributed by atoms with Crippen LogP contribution in [-0.4, -0.2) is 19.0 Å². The molecule has 2 aromatic rings. The average molecular weight is 374 g/mol. The van der Waals surface area contributed by atoms with E-state index >= 15 is 0 Å². The summed E-state index contributed by atoms with van der Waals surface area (Å²) in [5.41, 5.74) is 1.80. The average Bonchev–Trinajstić information content (AvgIpc) is 2.94. The highest BCUT2D eigenvalue weighted by atomic mass is 35.5. The van der Waals surface area contributed by atoms with E-state index in [1.54, 1.807) is 55.7 Å². The van der Waals surface area contributed by atoms with Gasteiger partial charge in [-0.05, 0) is 47.5 Å². The van der Waals surface area contributed by atoms with Crippen molar-refractivity contribution in [3.8, 4) is 5.75 Å². The first-order chi connectivity index (χ1) is 12.0. The summed E-state index contributed by atoms with van der Waals surface area (Å²) in [6, 6.07) is 12.4. The molecule has 0 fully saturated rings. The number of esters is 1. The molecule has 126 valence electrons. The molecule has 0 bridgehead atoms. The molecule has 2 aromatic carbocycles. The Morgan fingerprint density at radius 2 is 1.84 bits per heavy atom. The topological polar surface area (TPSA) is 47.9 Å². The van der Waals surface area contributed by atoms with Gasteiger partial charge in [-0.1, -0.05) is 41.4 Å². The predicted octanol–water partition coefficient (Wildman–Crippen LogP) is 5.01. The zero-order valence-electron chi connectivity index (χ0n) is 13.2. The fraction of sp³-hybridized carbons (Fsp3) is 0.0526. The van der Waals surface area contributed by atoms with Crippen LogP contribution in [0.2, 0.25) is 10.0 Å². The molecule has 0 atom stereocenters. The monoisotopic (exact) mass is 373 g/mol. The third-order valence-corrected chi connectivity index (χ3v) is 3.99. The van der Waals surface area contributed by atoms with E-state index in [4.69, 9.17) is 32.7 Å². The molecule has 0 spiro atoms. The summed E-state index contributed by atoms with van der Waals surface area (Å²) in [5, 5.41) is 1.05. The molecule has 0 saturated carbocycles. The lowest BCUT2D eigenvalue weighted by molar-refractivity contribution is -0.129. The normalized spacial score (nSPS) is 15.6. The third kappa shape index (κ3) is 4.29. The summed E-state index contributed by atoms with van der Waals surface area (Å²) in [6.45, 7) is 0. The predicted molar refractivity (Wildman–Crippen MR) is 100.0 cm³/mol. The zero-order chi connectivity index (χ0) is 17.8. The molecule has 0 amide bonds. The number of carbonyl (C=O) groups is 1. The van der Waals surface area contributed by atoms with Crippen molar-refractivity contribution in [1.82, 2.24) is 0 Å². The maximum atomic E-state index is 11.9. The first-order valence-electron chi connectivity index (χ1n) is 7.35. The second kappa shape index (κ2) is 7.55. The van der Waals surface area contributed by atoms with Crippen LogP contribution in [0.15, 0.2) is 59.2 Å². The molecular formula is C19H13Cl2NO3. The molecule has 0 N–H and O–H groups in total. The number of aliphatic imine (C=N–C) groups is 1. The minimum atomic E-state index is -0.502. The van der Waals surface area contributed by atoms with Crippen LogP contribution in [0, 0.1) is 0 Å². The van der Waals surface area contributed by atoms with Crippen molar-refractivity contribution in [3.63, 3.8) is 0 Å². The van der Waals surface area contributed by atoms with E-state index < -0.39 is 5.97 Å². The molecule has 0 unspecified atom stereocenters. The SMILES string of the molecule is COc1ccc(C=C2N=C(C=Cc3ccc(Cl)cc3Cl)OC2=O)cc1. The molecule has 0 saturated heterocycles. The van der Waals surface area contributed by atoms with Crippen molar-refractivity contribution in [2.24, 2.45) is 4.99 Å². The van der Waals surface area contributed by atoms with Crippen molar-refractivity contribution in [2.75, 3.05) is 7.11 Å². The smallest absolute Gasteiger partial charge is 0.363 e. The number of rotatable bonds is 4. The van der Waals surface area contributed by atoms with E-state index in [-0.39, 0.29) is 11.6 Å². The van der Waals surface area contributed by atoms with Gasteiger partial charge < -0.3 is 9.47 Å². The summed E-state index contributed by atoms with van der Waals surface area (Å²) < 4.78 is 10.2. The van der Waals surface area contributed by atoms with Crippen LogP contribution in [0.3, 0.4) is 0 Å². The van der Waals surface area contributed by atoms with Crippen LogP contribution in [0.1, 0.15) is 11.1 Å². The highest BCUT2D eigenvalue weighted by molar-refractivity contribution is 6.35. The van der Waals surface area contributed by atoms with Gasteiger partial charge in [0.2, 0.25) is 5.90 Å². The van der Waals surface area contributed by atoms with Gasteiger partial charge in [0, 0.05) is 16.1 Å². The highest BCUT2D eigenvalue weighted by Gasteiger charge is 2.21. The maximum absolute atomic E-state index is 11.9. The molecular weight excluding hydrogens is 361 g/mol. The number of cyclic esters (lactones) is 1. The van der Waals surface area contributed by atoms with Crippen LogP contribution in [0.5, 0.6) is 5.75 Å². The van der Waals surface area contributed by atoms with Gasteiger partial charge in [-0.2, -0.15) is 0 Å². The summed E-state index contributed by atoms with van der Waals surface area (Å²) >= 11 is 12.0. The molecule has 25 heavy (non-hydrogen) atoms. The minimum absolute atomic E-state index is 0.204. The fourth-order valence-corrected chi connectivity index (χ4v) is 2.62. The number of benzene rings is 2. The van der Waals surface area contributed by atoms with Crippen LogP contribution in [0.25, 0.3) is 12.2 Å². The molecule has 6 heteroatoms. The van der Waals surface area contributed by atoms with Crippen molar-refractivity contribution in [1.29, 1.82) is 0 Å². The van der Waals surface area contributed by atoms with Crippen LogP contribution < -0.4 is 4.74 Å². The second-order valence-electron chi connectivity index (χ2n) is 5.14. The van der Waals surface area contributed by atoms with E-state index in [2.05, 4.69) is 4.99 Å². The number of methoxy groups -OCH3 is 1. The zero-order valence-corrected chi connectivity index (χ0v) is 14.7. The van der Waals surface area contributed by atoms with E-state index in [1.807, 2.05) is 12.1 Å². The van der Waals surface area contributed by atoms with Gasteiger partial charge in [0.1, 0.15) is 5.75 Å². The number of ether oxygens (including phenoxy) is 2. The maximum Gasteiger partial charge on any atom is 0.363 e. The number of carbonyl (C=O) groups excluding carboxylic acids is 1. The Hall–Kier alpha value is -2.56. The molecule has 0 aliphatic carbocycles. The van der Waals surface area contributed by atoms with Gasteiger partial charge >= 0.3 is 5.97 Å². The van der Waals surface area contributed by atoms with Crippen molar-refractivity contribution < 1.29 is 14.3 Å². The largest absolute Gasteiger partial charge is 0.497 e. The molecule has 1 heterocycles. The van der Waals surface area contributed by atoms with E-state index in [1.165, 1.54) is 0 Å². The van der Waals surface area contributed by atoms with E-state index in [9.17, 15) is 4.79 Å². The summed E-state index contributed by atoms with van der Waals surface area (Å²) in [6.07, 6.45) is 4.95. The fourth-order valence-electron chi connectivity index (χ4n) is 2.15. The van der Waals surface area contributed by atoms with Gasteiger partial charge in [-0.15, -0.1) is 0 Å². The molecule has 1 aliphatic heterocycles. The van der Waals surface area contributed by atoms with Gasteiger partial charge in [0.15, 0.2) is 5.70 Å². The lowest BCUT2D eigenvalue weighted by Gasteiger charge is -1.99. The second-order valence-corrected chi connectivity index (χ2v) is 5.99. The van der Waals surface area contributed by atoms with Crippen LogP contribution in [-0.2, 0) is 9.53 Å². The Morgan fingerprint density at radius 1 is 1.08 bits per heavy atom. The van der Waals surface area contributed by atoms with Crippen molar-refractivity contribution in [2.45, 2.75) is 0 Å². The third-order valence-electron chi connectivity index (χ3n) is 3.42. The summed E-state index contributed by atoms with van der Waals surface area (Å²) in [5.74, 6) is 0.441. The number of nitrogens with zero attached hydrogens (tertiary/aromatic N) is 1. The quantitative estimate of drug-likeness (QED) is 0.558. The van der Waals surface area contributed by atoms with Crippen LogP contribution in [0.4, 0.5) is 0 Å². The Kier molecular flexibility index (Phi) is 5.22. The molecule has 4 nitrogen and oxygen atoms in total. The number of hydrogen-bond donors (Lipinski definition) is 0.